The van der Waals surface area contributed by atoms with Gasteiger partial charge >= 0.3 is 0 Å². The number of rotatable bonds is 5. The van der Waals surface area contributed by atoms with Crippen molar-refractivity contribution < 1.29 is 9.47 Å². The highest BCUT2D eigenvalue weighted by Gasteiger charge is 2.16. The summed E-state index contributed by atoms with van der Waals surface area (Å²) in [5, 5.41) is 5.27. The van der Waals surface area contributed by atoms with Crippen LogP contribution in [0, 0.1) is 0 Å². The van der Waals surface area contributed by atoms with E-state index in [4.69, 9.17) is 14.5 Å². The highest BCUT2D eigenvalue weighted by Crippen LogP contribution is 2.28. The van der Waals surface area contributed by atoms with Crippen LogP contribution in [0.25, 0.3) is 28.1 Å². The van der Waals surface area contributed by atoms with Crippen LogP contribution in [0.15, 0.2) is 60.8 Å². The van der Waals surface area contributed by atoms with Crippen LogP contribution in [-0.2, 0) is 0 Å². The molecule has 130 valence electrons. The molecular weight excluding hydrogens is 328 g/mol. The number of para-hydroxylation sites is 1. The molecule has 0 saturated heterocycles. The number of benzene rings is 2. The number of ether oxygens (including phenoxy) is 2. The highest BCUT2D eigenvalue weighted by molar-refractivity contribution is 5.83. The van der Waals surface area contributed by atoms with Gasteiger partial charge in [-0.25, -0.2) is 9.67 Å². The normalized spacial score (nSPS) is 10.8. The molecule has 0 aliphatic heterocycles. The van der Waals surface area contributed by atoms with Crippen LogP contribution in [0.2, 0.25) is 0 Å². The van der Waals surface area contributed by atoms with Crippen molar-refractivity contribution in [3.63, 3.8) is 0 Å². The van der Waals surface area contributed by atoms with E-state index in [2.05, 4.69) is 10.1 Å². The van der Waals surface area contributed by atoms with Crippen LogP contribution in [0.4, 0.5) is 0 Å². The van der Waals surface area contributed by atoms with Crippen molar-refractivity contribution in [3.8, 4) is 28.7 Å². The Hall–Kier alpha value is -3.41. The maximum Gasteiger partial charge on any atom is 0.228 e. The Kier molecular flexibility index (Phi) is 4.23. The molecule has 26 heavy (non-hydrogen) atoms. The molecule has 2 aromatic carbocycles. The fourth-order valence-electron chi connectivity index (χ4n) is 2.76. The lowest BCUT2D eigenvalue weighted by Crippen LogP contribution is -2.02. The molecule has 0 fully saturated rings. The molecule has 0 unspecified atom stereocenters. The van der Waals surface area contributed by atoms with Crippen LogP contribution in [0.3, 0.4) is 0 Å². The Morgan fingerprint density at radius 1 is 0.962 bits per heavy atom. The van der Waals surface area contributed by atoms with E-state index in [1.54, 1.807) is 18.0 Å². The summed E-state index contributed by atoms with van der Waals surface area (Å²) in [6, 6.07) is 17.5. The number of fused-ring (bicyclic) bond motifs is 1. The molecule has 0 saturated carbocycles. The van der Waals surface area contributed by atoms with E-state index in [1.165, 1.54) is 0 Å². The van der Waals surface area contributed by atoms with Crippen LogP contribution >= 0.6 is 0 Å². The number of methoxy groups -OCH3 is 1. The summed E-state index contributed by atoms with van der Waals surface area (Å²) in [5.41, 5.74) is 2.53. The van der Waals surface area contributed by atoms with Gasteiger partial charge in [-0.3, -0.25) is 0 Å². The third-order valence-electron chi connectivity index (χ3n) is 4.02. The first-order chi connectivity index (χ1) is 12.8. The van der Waals surface area contributed by atoms with E-state index in [0.717, 1.165) is 22.4 Å². The van der Waals surface area contributed by atoms with Crippen molar-refractivity contribution in [1.82, 2.24) is 19.7 Å². The van der Waals surface area contributed by atoms with Crippen molar-refractivity contribution in [2.75, 3.05) is 13.7 Å². The summed E-state index contributed by atoms with van der Waals surface area (Å²) in [6.07, 6.45) is 1.74. The summed E-state index contributed by atoms with van der Waals surface area (Å²) in [4.78, 5) is 9.34. The predicted octanol–water partition coefficient (Wildman–Crippen LogP) is 3.89. The van der Waals surface area contributed by atoms with Crippen molar-refractivity contribution in [3.05, 3.63) is 60.8 Å². The molecule has 0 aliphatic rings. The maximum absolute atomic E-state index is 5.75. The van der Waals surface area contributed by atoms with Crippen LogP contribution < -0.4 is 9.47 Å². The molecule has 4 rings (SSSR count). The van der Waals surface area contributed by atoms with Crippen molar-refractivity contribution in [1.29, 1.82) is 0 Å². The second-order valence-corrected chi connectivity index (χ2v) is 5.64. The third kappa shape index (κ3) is 2.86. The van der Waals surface area contributed by atoms with Crippen LogP contribution in [0.5, 0.6) is 11.6 Å². The lowest BCUT2D eigenvalue weighted by Gasteiger charge is -2.09. The van der Waals surface area contributed by atoms with Crippen molar-refractivity contribution in [2.24, 2.45) is 0 Å². The largest absolute Gasteiger partial charge is 0.497 e. The van der Waals surface area contributed by atoms with E-state index < -0.39 is 0 Å². The monoisotopic (exact) mass is 346 g/mol. The van der Waals surface area contributed by atoms with Gasteiger partial charge < -0.3 is 9.47 Å². The van der Waals surface area contributed by atoms with E-state index in [9.17, 15) is 0 Å². The molecule has 0 radical (unpaired) electrons. The summed E-state index contributed by atoms with van der Waals surface area (Å²) >= 11 is 0. The first-order valence-electron chi connectivity index (χ1n) is 8.38. The minimum atomic E-state index is 0.519. The minimum Gasteiger partial charge on any atom is -0.497 e. The fourth-order valence-corrected chi connectivity index (χ4v) is 2.76. The van der Waals surface area contributed by atoms with Gasteiger partial charge in [0.05, 0.1) is 25.6 Å². The van der Waals surface area contributed by atoms with E-state index >= 15 is 0 Å². The SMILES string of the molecule is CCOc1nc(-c2ccc(OC)cc2)nc2c1cnn2-c1ccccc1. The van der Waals surface area contributed by atoms with Gasteiger partial charge in [-0.2, -0.15) is 10.1 Å². The summed E-state index contributed by atoms with van der Waals surface area (Å²) in [5.74, 6) is 1.90. The second-order valence-electron chi connectivity index (χ2n) is 5.64. The molecule has 6 heteroatoms. The minimum absolute atomic E-state index is 0.519. The Morgan fingerprint density at radius 2 is 1.73 bits per heavy atom. The molecule has 2 heterocycles. The van der Waals surface area contributed by atoms with Crippen molar-refractivity contribution in [2.45, 2.75) is 6.92 Å². The van der Waals surface area contributed by atoms with Crippen LogP contribution in [0.1, 0.15) is 6.92 Å². The summed E-state index contributed by atoms with van der Waals surface area (Å²) < 4.78 is 12.8. The second kappa shape index (κ2) is 6.84. The third-order valence-corrected chi connectivity index (χ3v) is 4.02. The Balaban J connectivity index is 1.90. The van der Waals surface area contributed by atoms with Gasteiger partial charge in [-0.05, 0) is 43.3 Å². The summed E-state index contributed by atoms with van der Waals surface area (Å²) in [7, 11) is 1.64. The number of hydrogen-bond donors (Lipinski definition) is 0. The zero-order valence-electron chi connectivity index (χ0n) is 14.6. The predicted molar refractivity (Wildman–Crippen MR) is 99.8 cm³/mol. The summed E-state index contributed by atoms with van der Waals surface area (Å²) in [6.45, 7) is 2.45. The zero-order valence-corrected chi connectivity index (χ0v) is 14.6. The number of hydrogen-bond acceptors (Lipinski definition) is 5. The van der Waals surface area contributed by atoms with Gasteiger partial charge in [-0.15, -0.1) is 0 Å². The smallest absolute Gasteiger partial charge is 0.228 e. The van der Waals surface area contributed by atoms with Gasteiger partial charge in [0, 0.05) is 5.56 Å². The van der Waals surface area contributed by atoms with Gasteiger partial charge in [0.2, 0.25) is 5.88 Å². The Labute approximate surface area is 151 Å². The van der Waals surface area contributed by atoms with Gasteiger partial charge in [-0.1, -0.05) is 18.2 Å². The highest BCUT2D eigenvalue weighted by atomic mass is 16.5. The van der Waals surface area contributed by atoms with Gasteiger partial charge in [0.1, 0.15) is 11.1 Å². The van der Waals surface area contributed by atoms with Gasteiger partial charge in [0.25, 0.3) is 0 Å². The first-order valence-corrected chi connectivity index (χ1v) is 8.38. The molecule has 0 bridgehead atoms. The quantitative estimate of drug-likeness (QED) is 0.549. The average molecular weight is 346 g/mol. The molecule has 6 nitrogen and oxygen atoms in total. The molecule has 2 aromatic heterocycles. The lowest BCUT2D eigenvalue weighted by atomic mass is 10.2. The Morgan fingerprint density at radius 3 is 2.42 bits per heavy atom. The molecule has 0 aliphatic carbocycles. The standard InChI is InChI=1S/C20H18N4O2/c1-3-26-20-17-13-21-24(15-7-5-4-6-8-15)19(17)22-18(23-20)14-9-11-16(25-2)12-10-14/h4-13H,3H2,1-2H3. The van der Waals surface area contributed by atoms with Gasteiger partial charge in [0.15, 0.2) is 11.5 Å². The molecule has 0 amide bonds. The van der Waals surface area contributed by atoms with Crippen LogP contribution in [-0.4, -0.2) is 33.5 Å². The maximum atomic E-state index is 5.75. The van der Waals surface area contributed by atoms with E-state index in [-0.39, 0.29) is 0 Å². The van der Waals surface area contributed by atoms with E-state index in [1.807, 2.05) is 61.5 Å². The topological polar surface area (TPSA) is 62.1 Å². The van der Waals surface area contributed by atoms with E-state index in [0.29, 0.717) is 24.0 Å². The number of aromatic nitrogens is 4. The fraction of sp³-hybridized carbons (Fsp3) is 0.150. The number of nitrogens with zero attached hydrogens (tertiary/aromatic N) is 4. The first kappa shape index (κ1) is 16.1. The molecule has 0 spiro atoms. The molecule has 0 atom stereocenters. The molecule has 0 N–H and O–H groups in total. The van der Waals surface area contributed by atoms with Crippen molar-refractivity contribution >= 4 is 11.0 Å². The Bertz CT molecular complexity index is 1030. The molecular formula is C20H18N4O2. The molecule has 4 aromatic rings. The zero-order chi connectivity index (χ0) is 17.9. The lowest BCUT2D eigenvalue weighted by molar-refractivity contribution is 0.331. The average Bonchev–Trinajstić information content (AvgIpc) is 3.13.